The minimum Gasteiger partial charge on any atom is -0.488 e. The number of para-hydroxylation sites is 1. The molecule has 0 aliphatic carbocycles. The molecule has 0 fully saturated rings. The number of rotatable bonds is 3. The minimum atomic E-state index is -0.186. The van der Waals surface area contributed by atoms with Gasteiger partial charge in [0.25, 0.3) is 0 Å². The van der Waals surface area contributed by atoms with Gasteiger partial charge in [-0.15, -0.1) is 0 Å². The van der Waals surface area contributed by atoms with Gasteiger partial charge in [0, 0.05) is 11.1 Å². The van der Waals surface area contributed by atoms with Crippen LogP contribution in [0.2, 0.25) is 0 Å². The van der Waals surface area contributed by atoms with Crippen LogP contribution in [0.3, 0.4) is 0 Å². The summed E-state index contributed by atoms with van der Waals surface area (Å²) in [5.41, 5.74) is 1.79. The molecule has 0 aliphatic heterocycles. The number of fused-ring (bicyclic) bond motifs is 1. The zero-order valence-corrected chi connectivity index (χ0v) is 13.1. The first-order valence-electron chi connectivity index (χ1n) is 7.41. The Kier molecular flexibility index (Phi) is 3.72. The zero-order valence-electron chi connectivity index (χ0n) is 13.1. The molecule has 1 aromatic heterocycles. The molecule has 112 valence electrons. The molecule has 1 heterocycles. The van der Waals surface area contributed by atoms with E-state index in [0.29, 0.717) is 0 Å². The third-order valence-electron chi connectivity index (χ3n) is 3.15. The summed E-state index contributed by atoms with van der Waals surface area (Å²) in [7, 11) is 0. The highest BCUT2D eigenvalue weighted by molar-refractivity contribution is 5.80. The van der Waals surface area contributed by atoms with E-state index in [1.54, 1.807) is 0 Å². The van der Waals surface area contributed by atoms with Crippen LogP contribution in [0.25, 0.3) is 10.9 Å². The van der Waals surface area contributed by atoms with E-state index in [0.717, 1.165) is 28.2 Å². The lowest BCUT2D eigenvalue weighted by molar-refractivity contribution is 0.131. The van der Waals surface area contributed by atoms with E-state index in [1.807, 2.05) is 69.3 Å². The first-order valence-corrected chi connectivity index (χ1v) is 7.41. The number of anilines is 2. The van der Waals surface area contributed by atoms with Gasteiger partial charge in [0.2, 0.25) is 0 Å². The Bertz CT molecular complexity index is 773. The van der Waals surface area contributed by atoms with E-state index in [-0.39, 0.29) is 5.60 Å². The van der Waals surface area contributed by atoms with Gasteiger partial charge < -0.3 is 10.1 Å². The van der Waals surface area contributed by atoms with Crippen LogP contribution in [0.4, 0.5) is 11.5 Å². The second kappa shape index (κ2) is 5.68. The summed E-state index contributed by atoms with van der Waals surface area (Å²) in [6.07, 6.45) is 0. The summed E-state index contributed by atoms with van der Waals surface area (Å²) in [5.74, 6) is 1.70. The van der Waals surface area contributed by atoms with Crippen molar-refractivity contribution in [2.24, 2.45) is 0 Å². The van der Waals surface area contributed by atoms with E-state index in [1.165, 1.54) is 0 Å². The predicted octanol–water partition coefficient (Wildman–Crippen LogP) is 5.16. The summed E-state index contributed by atoms with van der Waals surface area (Å²) in [4.78, 5) is 4.61. The average molecular weight is 292 g/mol. The monoisotopic (exact) mass is 292 g/mol. The molecule has 0 aliphatic rings. The molecule has 22 heavy (non-hydrogen) atoms. The molecular weight excluding hydrogens is 272 g/mol. The number of nitrogens with zero attached hydrogens (tertiary/aromatic N) is 1. The van der Waals surface area contributed by atoms with E-state index >= 15 is 0 Å². The maximum atomic E-state index is 5.82. The van der Waals surface area contributed by atoms with Crippen LogP contribution in [0.15, 0.2) is 60.7 Å². The van der Waals surface area contributed by atoms with Crippen molar-refractivity contribution in [1.29, 1.82) is 0 Å². The molecule has 0 saturated heterocycles. The van der Waals surface area contributed by atoms with Crippen molar-refractivity contribution in [2.75, 3.05) is 5.32 Å². The fourth-order valence-electron chi connectivity index (χ4n) is 2.24. The molecule has 0 unspecified atom stereocenters. The molecule has 0 amide bonds. The molecular formula is C19H20N2O. The zero-order chi connectivity index (χ0) is 15.6. The number of ether oxygens (including phenoxy) is 1. The SMILES string of the molecule is CC(C)(C)Oc1ccc(Nc2ccc3ccccc3n2)cc1. The van der Waals surface area contributed by atoms with Crippen LogP contribution in [0.5, 0.6) is 5.75 Å². The fourth-order valence-corrected chi connectivity index (χ4v) is 2.24. The Balaban J connectivity index is 1.77. The lowest BCUT2D eigenvalue weighted by atomic mass is 10.2. The predicted molar refractivity (Wildman–Crippen MR) is 91.8 cm³/mol. The highest BCUT2D eigenvalue weighted by atomic mass is 16.5. The van der Waals surface area contributed by atoms with Gasteiger partial charge in [0.1, 0.15) is 17.2 Å². The lowest BCUT2D eigenvalue weighted by Gasteiger charge is -2.21. The van der Waals surface area contributed by atoms with Crippen molar-refractivity contribution in [3.05, 3.63) is 60.7 Å². The van der Waals surface area contributed by atoms with Gasteiger partial charge in [-0.1, -0.05) is 18.2 Å². The van der Waals surface area contributed by atoms with E-state index in [2.05, 4.69) is 22.4 Å². The van der Waals surface area contributed by atoms with Gasteiger partial charge in [0.15, 0.2) is 0 Å². The normalized spacial score (nSPS) is 11.4. The third-order valence-corrected chi connectivity index (χ3v) is 3.15. The van der Waals surface area contributed by atoms with Crippen molar-refractivity contribution in [2.45, 2.75) is 26.4 Å². The highest BCUT2D eigenvalue weighted by Crippen LogP contribution is 2.23. The molecule has 0 radical (unpaired) electrons. The van der Waals surface area contributed by atoms with E-state index in [9.17, 15) is 0 Å². The Morgan fingerprint density at radius 1 is 0.864 bits per heavy atom. The first kappa shape index (κ1) is 14.4. The number of benzene rings is 2. The number of hydrogen-bond acceptors (Lipinski definition) is 3. The van der Waals surface area contributed by atoms with Crippen molar-refractivity contribution >= 4 is 22.4 Å². The molecule has 0 atom stereocenters. The summed E-state index contributed by atoms with van der Waals surface area (Å²) in [5, 5.41) is 4.46. The summed E-state index contributed by atoms with van der Waals surface area (Å²) in [6.45, 7) is 6.12. The van der Waals surface area contributed by atoms with Gasteiger partial charge in [-0.3, -0.25) is 0 Å². The molecule has 3 rings (SSSR count). The molecule has 1 N–H and O–H groups in total. The summed E-state index contributed by atoms with van der Waals surface area (Å²) < 4.78 is 5.82. The van der Waals surface area contributed by atoms with Gasteiger partial charge in [0.05, 0.1) is 5.52 Å². The largest absolute Gasteiger partial charge is 0.488 e. The molecule has 3 heteroatoms. The Morgan fingerprint density at radius 3 is 2.32 bits per heavy atom. The molecule has 0 bridgehead atoms. The van der Waals surface area contributed by atoms with Crippen molar-refractivity contribution in [3.8, 4) is 5.75 Å². The molecule has 0 spiro atoms. The van der Waals surface area contributed by atoms with E-state index < -0.39 is 0 Å². The van der Waals surface area contributed by atoms with E-state index in [4.69, 9.17) is 4.74 Å². The maximum absolute atomic E-state index is 5.82. The molecule has 2 aromatic carbocycles. The van der Waals surface area contributed by atoms with Crippen LogP contribution in [0.1, 0.15) is 20.8 Å². The highest BCUT2D eigenvalue weighted by Gasteiger charge is 2.11. The topological polar surface area (TPSA) is 34.1 Å². The van der Waals surface area contributed by atoms with Gasteiger partial charge in [-0.05, 0) is 63.2 Å². The average Bonchev–Trinajstić information content (AvgIpc) is 2.48. The smallest absolute Gasteiger partial charge is 0.131 e. The van der Waals surface area contributed by atoms with Crippen molar-refractivity contribution < 1.29 is 4.74 Å². The third kappa shape index (κ3) is 3.55. The van der Waals surface area contributed by atoms with Crippen LogP contribution < -0.4 is 10.1 Å². The molecule has 3 aromatic rings. The van der Waals surface area contributed by atoms with Gasteiger partial charge >= 0.3 is 0 Å². The first-order chi connectivity index (χ1) is 10.5. The molecule has 3 nitrogen and oxygen atoms in total. The number of nitrogens with one attached hydrogen (secondary N) is 1. The lowest BCUT2D eigenvalue weighted by Crippen LogP contribution is -2.22. The number of aromatic nitrogens is 1. The number of hydrogen-bond donors (Lipinski definition) is 1. The van der Waals surface area contributed by atoms with Crippen LogP contribution >= 0.6 is 0 Å². The van der Waals surface area contributed by atoms with Crippen molar-refractivity contribution in [1.82, 2.24) is 4.98 Å². The second-order valence-electron chi connectivity index (χ2n) is 6.25. The summed E-state index contributed by atoms with van der Waals surface area (Å²) in [6, 6.07) is 20.1. The van der Waals surface area contributed by atoms with Crippen molar-refractivity contribution in [3.63, 3.8) is 0 Å². The second-order valence-corrected chi connectivity index (χ2v) is 6.25. The van der Waals surface area contributed by atoms with Gasteiger partial charge in [-0.2, -0.15) is 0 Å². The van der Waals surface area contributed by atoms with Crippen LogP contribution in [-0.4, -0.2) is 10.6 Å². The number of pyridine rings is 1. The summed E-state index contributed by atoms with van der Waals surface area (Å²) >= 11 is 0. The van der Waals surface area contributed by atoms with Crippen LogP contribution in [0, 0.1) is 0 Å². The Morgan fingerprint density at radius 2 is 1.59 bits per heavy atom. The maximum Gasteiger partial charge on any atom is 0.131 e. The molecule has 0 saturated carbocycles. The standard InChI is InChI=1S/C19H20N2O/c1-19(2,3)22-16-11-9-15(10-12-16)20-18-13-8-14-6-4-5-7-17(14)21-18/h4-13H,1-3H3,(H,20,21). The Hall–Kier alpha value is -2.55. The van der Waals surface area contributed by atoms with Crippen LogP contribution in [-0.2, 0) is 0 Å². The fraction of sp³-hybridized carbons (Fsp3) is 0.211. The Labute approximate surface area is 131 Å². The van der Waals surface area contributed by atoms with Gasteiger partial charge in [-0.25, -0.2) is 4.98 Å². The quantitative estimate of drug-likeness (QED) is 0.724. The minimum absolute atomic E-state index is 0.186.